The molecule has 0 unspecified atom stereocenters. The maximum Gasteiger partial charge on any atom is 0.269 e. The first-order valence-electron chi connectivity index (χ1n) is 7.88. The van der Waals surface area contributed by atoms with Crippen molar-refractivity contribution in [3.05, 3.63) is 65.7 Å². The van der Waals surface area contributed by atoms with Gasteiger partial charge in [0, 0.05) is 36.7 Å². The summed E-state index contributed by atoms with van der Waals surface area (Å²) in [6, 6.07) is 10.5. The minimum atomic E-state index is -0.183. The Balaban J connectivity index is 1.48. The number of halogens is 1. The van der Waals surface area contributed by atoms with E-state index < -0.39 is 0 Å². The monoisotopic (exact) mass is 359 g/mol. The molecule has 0 aliphatic rings. The third kappa shape index (κ3) is 4.84. The van der Waals surface area contributed by atoms with Gasteiger partial charge in [0.2, 0.25) is 0 Å². The van der Waals surface area contributed by atoms with Crippen molar-refractivity contribution in [2.24, 2.45) is 0 Å². The number of aryl methyl sites for hydroxylation is 1. The highest BCUT2D eigenvalue weighted by molar-refractivity contribution is 6.30. The third-order valence-electron chi connectivity index (χ3n) is 3.53. The summed E-state index contributed by atoms with van der Waals surface area (Å²) in [7, 11) is 0. The first-order valence-corrected chi connectivity index (χ1v) is 8.26. The van der Waals surface area contributed by atoms with E-state index in [2.05, 4.69) is 15.5 Å². The Kier molecular flexibility index (Phi) is 5.69. The van der Waals surface area contributed by atoms with Gasteiger partial charge in [-0.05, 0) is 42.8 Å². The van der Waals surface area contributed by atoms with Crippen molar-refractivity contribution in [1.29, 1.82) is 0 Å². The van der Waals surface area contributed by atoms with Crippen LogP contribution in [0.3, 0.4) is 0 Å². The molecule has 0 aliphatic heterocycles. The second kappa shape index (κ2) is 8.34. The first kappa shape index (κ1) is 17.0. The molecule has 0 saturated heterocycles. The lowest BCUT2D eigenvalue weighted by Gasteiger charge is -2.10. The van der Waals surface area contributed by atoms with E-state index in [1.54, 1.807) is 42.7 Å². The van der Waals surface area contributed by atoms with Gasteiger partial charge in [0.05, 0.1) is 0 Å². The number of hydrogen-bond donors (Lipinski definition) is 1. The van der Waals surface area contributed by atoms with Crippen molar-refractivity contribution in [3.8, 4) is 5.75 Å². The predicted octanol–water partition coefficient (Wildman–Crippen LogP) is 2.59. The summed E-state index contributed by atoms with van der Waals surface area (Å²) >= 11 is 5.84. The van der Waals surface area contributed by atoms with E-state index in [0.717, 1.165) is 13.0 Å². The van der Waals surface area contributed by atoms with Crippen molar-refractivity contribution < 1.29 is 9.53 Å². The normalized spacial score (nSPS) is 10.6. The van der Waals surface area contributed by atoms with Crippen LogP contribution in [0.2, 0.25) is 5.02 Å². The zero-order valence-electron chi connectivity index (χ0n) is 13.5. The van der Waals surface area contributed by atoms with Gasteiger partial charge in [-0.1, -0.05) is 11.6 Å². The van der Waals surface area contributed by atoms with E-state index in [0.29, 0.717) is 23.0 Å². The molecule has 7 nitrogen and oxygen atoms in total. The van der Waals surface area contributed by atoms with E-state index in [4.69, 9.17) is 16.3 Å². The SMILES string of the molecule is O=C(NCCCn1cccn1)c1ccnn1COc1ccc(Cl)cc1. The number of rotatable bonds is 8. The van der Waals surface area contributed by atoms with Crippen molar-refractivity contribution in [2.75, 3.05) is 6.54 Å². The lowest BCUT2D eigenvalue weighted by atomic mass is 10.3. The van der Waals surface area contributed by atoms with Crippen LogP contribution in [0.1, 0.15) is 16.9 Å². The molecule has 3 rings (SSSR count). The Bertz CT molecular complexity index is 799. The number of hydrogen-bond acceptors (Lipinski definition) is 4. The van der Waals surface area contributed by atoms with Crippen LogP contribution >= 0.6 is 11.6 Å². The standard InChI is InChI=1S/C17H18ClN5O2/c18-14-3-5-15(6-4-14)25-13-23-16(7-10-21-23)17(24)19-8-1-11-22-12-2-9-20-22/h2-7,9-10,12H,1,8,11,13H2,(H,19,24). The predicted molar refractivity (Wildman–Crippen MR) is 93.5 cm³/mol. The fraction of sp³-hybridized carbons (Fsp3) is 0.235. The van der Waals surface area contributed by atoms with Gasteiger partial charge in [0.15, 0.2) is 6.73 Å². The summed E-state index contributed by atoms with van der Waals surface area (Å²) in [5, 5.41) is 11.8. The number of aromatic nitrogens is 4. The Morgan fingerprint density at radius 1 is 1.16 bits per heavy atom. The number of nitrogens with one attached hydrogen (secondary N) is 1. The molecule has 3 aromatic rings. The van der Waals surface area contributed by atoms with Crippen LogP contribution in [0.5, 0.6) is 5.75 Å². The molecule has 1 aromatic carbocycles. The zero-order chi connectivity index (χ0) is 17.5. The molecule has 8 heteroatoms. The highest BCUT2D eigenvalue weighted by atomic mass is 35.5. The van der Waals surface area contributed by atoms with E-state index in [1.807, 2.05) is 16.9 Å². The van der Waals surface area contributed by atoms with Crippen molar-refractivity contribution in [3.63, 3.8) is 0 Å². The van der Waals surface area contributed by atoms with Crippen LogP contribution in [0, 0.1) is 0 Å². The second-order valence-corrected chi connectivity index (χ2v) is 5.76. The van der Waals surface area contributed by atoms with Crippen molar-refractivity contribution >= 4 is 17.5 Å². The number of benzene rings is 1. The second-order valence-electron chi connectivity index (χ2n) is 5.32. The van der Waals surface area contributed by atoms with E-state index in [9.17, 15) is 4.79 Å². The minimum Gasteiger partial charge on any atom is -0.471 e. The van der Waals surface area contributed by atoms with E-state index in [1.165, 1.54) is 4.68 Å². The smallest absolute Gasteiger partial charge is 0.269 e. The molecule has 0 bridgehead atoms. The zero-order valence-corrected chi connectivity index (χ0v) is 14.3. The lowest BCUT2D eigenvalue weighted by Crippen LogP contribution is -2.28. The molecule has 0 aliphatic carbocycles. The van der Waals surface area contributed by atoms with Crippen LogP contribution in [-0.4, -0.2) is 32.0 Å². The molecule has 25 heavy (non-hydrogen) atoms. The molecule has 0 radical (unpaired) electrons. The minimum absolute atomic E-state index is 0.144. The largest absolute Gasteiger partial charge is 0.471 e. The molecule has 1 amide bonds. The fourth-order valence-corrected chi connectivity index (χ4v) is 2.39. The maximum atomic E-state index is 12.3. The third-order valence-corrected chi connectivity index (χ3v) is 3.78. The van der Waals surface area contributed by atoms with Crippen molar-refractivity contribution in [1.82, 2.24) is 24.9 Å². The van der Waals surface area contributed by atoms with Gasteiger partial charge in [0.25, 0.3) is 5.91 Å². The molecular weight excluding hydrogens is 342 g/mol. The highest BCUT2D eigenvalue weighted by Crippen LogP contribution is 2.16. The molecule has 0 spiro atoms. The average Bonchev–Trinajstić information content (AvgIpc) is 3.29. The van der Waals surface area contributed by atoms with Crippen LogP contribution in [0.15, 0.2) is 55.0 Å². The van der Waals surface area contributed by atoms with Crippen LogP contribution < -0.4 is 10.1 Å². The average molecular weight is 360 g/mol. The first-order chi connectivity index (χ1) is 12.2. The summed E-state index contributed by atoms with van der Waals surface area (Å²) in [4.78, 5) is 12.3. The van der Waals surface area contributed by atoms with Gasteiger partial charge in [-0.25, -0.2) is 4.68 Å². The summed E-state index contributed by atoms with van der Waals surface area (Å²) in [6.07, 6.45) is 6.00. The van der Waals surface area contributed by atoms with Gasteiger partial charge >= 0.3 is 0 Å². The molecule has 0 saturated carbocycles. The molecular formula is C17H18ClN5O2. The van der Waals surface area contributed by atoms with Gasteiger partial charge < -0.3 is 10.1 Å². The number of carbonyl (C=O) groups excluding carboxylic acids is 1. The Morgan fingerprint density at radius 3 is 2.76 bits per heavy atom. The maximum absolute atomic E-state index is 12.3. The lowest BCUT2D eigenvalue weighted by molar-refractivity contribution is 0.0931. The summed E-state index contributed by atoms with van der Waals surface area (Å²) in [5.41, 5.74) is 0.452. The van der Waals surface area contributed by atoms with Crippen LogP contribution in [0.4, 0.5) is 0 Å². The topological polar surface area (TPSA) is 74.0 Å². The number of nitrogens with zero attached hydrogens (tertiary/aromatic N) is 4. The Morgan fingerprint density at radius 2 is 2.00 bits per heavy atom. The number of amides is 1. The summed E-state index contributed by atoms with van der Waals surface area (Å²) in [5.74, 6) is 0.475. The molecule has 130 valence electrons. The molecule has 0 atom stereocenters. The fourth-order valence-electron chi connectivity index (χ4n) is 2.26. The summed E-state index contributed by atoms with van der Waals surface area (Å²) < 4.78 is 8.96. The van der Waals surface area contributed by atoms with Crippen molar-refractivity contribution in [2.45, 2.75) is 19.7 Å². The van der Waals surface area contributed by atoms with Gasteiger partial charge in [-0.3, -0.25) is 9.48 Å². The Hall–Kier alpha value is -2.80. The van der Waals surface area contributed by atoms with E-state index in [-0.39, 0.29) is 12.6 Å². The van der Waals surface area contributed by atoms with E-state index >= 15 is 0 Å². The van der Waals surface area contributed by atoms with Crippen LogP contribution in [0.25, 0.3) is 0 Å². The van der Waals surface area contributed by atoms with Gasteiger partial charge in [-0.2, -0.15) is 10.2 Å². The molecule has 0 fully saturated rings. The summed E-state index contributed by atoms with van der Waals surface area (Å²) in [6.45, 7) is 1.46. The van der Waals surface area contributed by atoms with Gasteiger partial charge in [-0.15, -0.1) is 0 Å². The number of carbonyl (C=O) groups is 1. The van der Waals surface area contributed by atoms with Crippen LogP contribution in [-0.2, 0) is 13.3 Å². The number of ether oxygens (including phenoxy) is 1. The van der Waals surface area contributed by atoms with Gasteiger partial charge in [0.1, 0.15) is 11.4 Å². The molecule has 2 heterocycles. The Labute approximate surface area is 150 Å². The molecule has 1 N–H and O–H groups in total. The molecule has 2 aromatic heterocycles. The highest BCUT2D eigenvalue weighted by Gasteiger charge is 2.11. The quantitative estimate of drug-likeness (QED) is 0.627.